The highest BCUT2D eigenvalue weighted by atomic mass is 19.1. The summed E-state index contributed by atoms with van der Waals surface area (Å²) in [7, 11) is 1.40. The number of allylic oxidation sites excluding steroid dienone is 1. The summed E-state index contributed by atoms with van der Waals surface area (Å²) in [4.78, 5) is 25.7. The molecular formula is C20H18FNO3. The van der Waals surface area contributed by atoms with Crippen LogP contribution in [0.1, 0.15) is 28.8 Å². The molecule has 1 heterocycles. The first-order chi connectivity index (χ1) is 12.1. The summed E-state index contributed by atoms with van der Waals surface area (Å²) in [6.07, 6.45) is 4.39. The lowest BCUT2D eigenvalue weighted by molar-refractivity contribution is -0.117. The van der Waals surface area contributed by atoms with Gasteiger partial charge in [0.15, 0.2) is 17.3 Å². The van der Waals surface area contributed by atoms with E-state index < -0.39 is 5.82 Å². The molecule has 0 aliphatic carbocycles. The summed E-state index contributed by atoms with van der Waals surface area (Å²) in [5.74, 6) is -0.386. The van der Waals surface area contributed by atoms with E-state index in [1.165, 1.54) is 25.3 Å². The molecule has 25 heavy (non-hydrogen) atoms. The summed E-state index contributed by atoms with van der Waals surface area (Å²) < 4.78 is 18.5. The Morgan fingerprint density at radius 3 is 2.56 bits per heavy atom. The maximum Gasteiger partial charge on any atom is 0.227 e. The Kier molecular flexibility index (Phi) is 4.93. The monoisotopic (exact) mass is 339 g/mol. The van der Waals surface area contributed by atoms with Crippen molar-refractivity contribution in [1.29, 1.82) is 0 Å². The van der Waals surface area contributed by atoms with Gasteiger partial charge >= 0.3 is 0 Å². The molecule has 5 heteroatoms. The molecule has 0 aromatic heterocycles. The van der Waals surface area contributed by atoms with E-state index in [2.05, 4.69) is 0 Å². The predicted molar refractivity (Wildman–Crippen MR) is 94.3 cm³/mol. The molecule has 0 radical (unpaired) electrons. The lowest BCUT2D eigenvalue weighted by Crippen LogP contribution is -2.23. The highest BCUT2D eigenvalue weighted by Gasteiger charge is 2.21. The average Bonchev–Trinajstić information content (AvgIpc) is 3.06. The molecule has 0 bridgehead atoms. The van der Waals surface area contributed by atoms with Gasteiger partial charge in [0.05, 0.1) is 7.11 Å². The maximum absolute atomic E-state index is 13.6. The third-order valence-corrected chi connectivity index (χ3v) is 4.14. The van der Waals surface area contributed by atoms with E-state index >= 15 is 0 Å². The maximum atomic E-state index is 13.6. The summed E-state index contributed by atoms with van der Waals surface area (Å²) in [5.41, 5.74) is 1.90. The molecule has 1 saturated heterocycles. The minimum Gasteiger partial charge on any atom is -0.494 e. The van der Waals surface area contributed by atoms with Crippen LogP contribution >= 0.6 is 0 Å². The van der Waals surface area contributed by atoms with Gasteiger partial charge in [0, 0.05) is 24.2 Å². The van der Waals surface area contributed by atoms with E-state index in [-0.39, 0.29) is 17.4 Å². The fourth-order valence-corrected chi connectivity index (χ4v) is 2.78. The molecule has 3 rings (SSSR count). The van der Waals surface area contributed by atoms with Crippen molar-refractivity contribution < 1.29 is 18.7 Å². The second-order valence-corrected chi connectivity index (χ2v) is 5.79. The van der Waals surface area contributed by atoms with E-state index in [9.17, 15) is 14.0 Å². The molecule has 0 saturated carbocycles. The van der Waals surface area contributed by atoms with Crippen molar-refractivity contribution in [3.05, 3.63) is 65.5 Å². The Labute approximate surface area is 145 Å². The molecule has 2 aromatic rings. The van der Waals surface area contributed by atoms with Gasteiger partial charge in [-0.15, -0.1) is 0 Å². The standard InChI is InChI=1S/C20H18FNO3/c1-25-19-11-5-14(13-17(19)21)4-10-18(23)15-6-8-16(9-7-15)22-12-2-3-20(22)24/h4-11,13H,2-3,12H2,1H3/b10-4+. The number of benzene rings is 2. The predicted octanol–water partition coefficient (Wildman–Crippen LogP) is 3.86. The Bertz CT molecular complexity index is 827. The van der Waals surface area contributed by atoms with Crippen LogP contribution in [0.5, 0.6) is 5.75 Å². The van der Waals surface area contributed by atoms with Crippen molar-refractivity contribution in [3.63, 3.8) is 0 Å². The third-order valence-electron chi connectivity index (χ3n) is 4.14. The summed E-state index contributed by atoms with van der Waals surface area (Å²) in [6.45, 7) is 0.717. The summed E-state index contributed by atoms with van der Waals surface area (Å²) >= 11 is 0. The first-order valence-electron chi connectivity index (χ1n) is 8.05. The number of rotatable bonds is 5. The highest BCUT2D eigenvalue weighted by Crippen LogP contribution is 2.22. The van der Waals surface area contributed by atoms with E-state index in [1.807, 2.05) is 0 Å². The Hall–Kier alpha value is -2.95. The number of nitrogens with zero attached hydrogens (tertiary/aromatic N) is 1. The fourth-order valence-electron chi connectivity index (χ4n) is 2.78. The van der Waals surface area contributed by atoms with Crippen LogP contribution in [0.15, 0.2) is 48.5 Å². The highest BCUT2D eigenvalue weighted by molar-refractivity contribution is 6.07. The van der Waals surface area contributed by atoms with Gasteiger partial charge in [-0.3, -0.25) is 9.59 Å². The second kappa shape index (κ2) is 7.30. The van der Waals surface area contributed by atoms with Gasteiger partial charge in [0.1, 0.15) is 0 Å². The number of hydrogen-bond acceptors (Lipinski definition) is 3. The van der Waals surface area contributed by atoms with Gasteiger partial charge in [0.2, 0.25) is 5.91 Å². The van der Waals surface area contributed by atoms with Crippen LogP contribution in [0.25, 0.3) is 6.08 Å². The summed E-state index contributed by atoms with van der Waals surface area (Å²) in [5, 5.41) is 0. The molecule has 1 aliphatic rings. The number of anilines is 1. The molecular weight excluding hydrogens is 321 g/mol. The van der Waals surface area contributed by atoms with E-state index in [0.717, 1.165) is 18.7 Å². The Balaban J connectivity index is 1.70. The number of methoxy groups -OCH3 is 1. The van der Waals surface area contributed by atoms with Gasteiger partial charge in [-0.05, 0) is 54.5 Å². The Morgan fingerprint density at radius 2 is 1.96 bits per heavy atom. The lowest BCUT2D eigenvalue weighted by atomic mass is 10.1. The molecule has 0 unspecified atom stereocenters. The van der Waals surface area contributed by atoms with Crippen LogP contribution in [-0.2, 0) is 4.79 Å². The number of ether oxygens (including phenoxy) is 1. The quantitative estimate of drug-likeness (QED) is 0.614. The largest absolute Gasteiger partial charge is 0.494 e. The first-order valence-corrected chi connectivity index (χ1v) is 8.05. The van der Waals surface area contributed by atoms with Gasteiger partial charge in [0.25, 0.3) is 0 Å². The smallest absolute Gasteiger partial charge is 0.227 e. The fraction of sp³-hybridized carbons (Fsp3) is 0.200. The van der Waals surface area contributed by atoms with Crippen molar-refractivity contribution in [2.75, 3.05) is 18.6 Å². The molecule has 1 fully saturated rings. The van der Waals surface area contributed by atoms with Crippen LogP contribution in [0.2, 0.25) is 0 Å². The van der Waals surface area contributed by atoms with Gasteiger partial charge in [-0.2, -0.15) is 0 Å². The number of amides is 1. The Morgan fingerprint density at radius 1 is 1.20 bits per heavy atom. The molecule has 0 spiro atoms. The number of carbonyl (C=O) groups excluding carboxylic acids is 2. The van der Waals surface area contributed by atoms with E-state index in [4.69, 9.17) is 4.74 Å². The normalized spacial score (nSPS) is 14.3. The minimum atomic E-state index is -0.475. The van der Waals surface area contributed by atoms with Crippen molar-refractivity contribution >= 4 is 23.5 Å². The van der Waals surface area contributed by atoms with Crippen molar-refractivity contribution in [2.45, 2.75) is 12.8 Å². The SMILES string of the molecule is COc1ccc(/C=C/C(=O)c2ccc(N3CCCC3=O)cc2)cc1F. The third kappa shape index (κ3) is 3.76. The molecule has 0 atom stereocenters. The van der Waals surface area contributed by atoms with Crippen molar-refractivity contribution in [3.8, 4) is 5.75 Å². The average molecular weight is 339 g/mol. The molecule has 2 aromatic carbocycles. The number of hydrogen-bond donors (Lipinski definition) is 0. The molecule has 1 aliphatic heterocycles. The van der Waals surface area contributed by atoms with Crippen LogP contribution in [0.4, 0.5) is 10.1 Å². The number of halogens is 1. The zero-order valence-electron chi connectivity index (χ0n) is 13.9. The number of carbonyl (C=O) groups is 2. The van der Waals surface area contributed by atoms with Crippen molar-refractivity contribution in [2.24, 2.45) is 0 Å². The van der Waals surface area contributed by atoms with Crippen LogP contribution < -0.4 is 9.64 Å². The van der Waals surface area contributed by atoms with Gasteiger partial charge in [-0.25, -0.2) is 4.39 Å². The van der Waals surface area contributed by atoms with E-state index in [0.29, 0.717) is 17.5 Å². The zero-order valence-corrected chi connectivity index (χ0v) is 13.9. The van der Waals surface area contributed by atoms with E-state index in [1.54, 1.807) is 41.3 Å². The van der Waals surface area contributed by atoms with Gasteiger partial charge in [-0.1, -0.05) is 12.1 Å². The molecule has 0 N–H and O–H groups in total. The van der Waals surface area contributed by atoms with Gasteiger partial charge < -0.3 is 9.64 Å². The van der Waals surface area contributed by atoms with Crippen molar-refractivity contribution in [1.82, 2.24) is 0 Å². The minimum absolute atomic E-state index is 0.112. The van der Waals surface area contributed by atoms with Crippen LogP contribution in [0.3, 0.4) is 0 Å². The lowest BCUT2D eigenvalue weighted by Gasteiger charge is -2.15. The van der Waals surface area contributed by atoms with Crippen LogP contribution in [-0.4, -0.2) is 25.3 Å². The molecule has 4 nitrogen and oxygen atoms in total. The molecule has 128 valence electrons. The first kappa shape index (κ1) is 16.9. The number of ketones is 1. The second-order valence-electron chi connectivity index (χ2n) is 5.79. The summed E-state index contributed by atoms with van der Waals surface area (Å²) in [6, 6.07) is 11.4. The molecule has 1 amide bonds. The van der Waals surface area contributed by atoms with Crippen LogP contribution in [0, 0.1) is 5.82 Å². The topological polar surface area (TPSA) is 46.6 Å². The zero-order chi connectivity index (χ0) is 17.8.